The molecule has 5 heteroatoms. The van der Waals surface area contributed by atoms with Gasteiger partial charge in [-0.05, 0) is 36.8 Å². The fourth-order valence-electron chi connectivity index (χ4n) is 1.71. The lowest BCUT2D eigenvalue weighted by Gasteiger charge is -2.10. The third-order valence-electron chi connectivity index (χ3n) is 2.83. The summed E-state index contributed by atoms with van der Waals surface area (Å²) in [6, 6.07) is 9.76. The Morgan fingerprint density at radius 3 is 2.65 bits per heavy atom. The van der Waals surface area contributed by atoms with Gasteiger partial charge in [0.25, 0.3) is 0 Å². The molecule has 20 heavy (non-hydrogen) atoms. The molecule has 2 rings (SSSR count). The minimum atomic E-state index is -0.555. The molecule has 0 fully saturated rings. The van der Waals surface area contributed by atoms with Crippen LogP contribution in [0, 0.1) is 18.2 Å². The SMILES string of the molecule is Cc1ccc(COc2ccc(C(=N)N)cc2F)c(Cl)c1. The molecule has 0 unspecified atom stereocenters. The summed E-state index contributed by atoms with van der Waals surface area (Å²) in [6.45, 7) is 2.12. The molecule has 0 bridgehead atoms. The summed E-state index contributed by atoms with van der Waals surface area (Å²) in [5.74, 6) is -0.635. The number of rotatable bonds is 4. The Balaban J connectivity index is 2.13. The Hall–Kier alpha value is -2.07. The highest BCUT2D eigenvalue weighted by atomic mass is 35.5. The summed E-state index contributed by atoms with van der Waals surface area (Å²) in [5, 5.41) is 7.83. The molecule has 0 aliphatic carbocycles. The van der Waals surface area contributed by atoms with Gasteiger partial charge >= 0.3 is 0 Å². The summed E-state index contributed by atoms with van der Waals surface area (Å²) < 4.78 is 19.2. The highest BCUT2D eigenvalue weighted by Crippen LogP contribution is 2.22. The van der Waals surface area contributed by atoms with Crippen LogP contribution >= 0.6 is 11.6 Å². The van der Waals surface area contributed by atoms with Crippen LogP contribution in [0.5, 0.6) is 5.75 Å². The second-order valence-corrected chi connectivity index (χ2v) is 4.85. The van der Waals surface area contributed by atoms with Crippen molar-refractivity contribution < 1.29 is 9.13 Å². The Kier molecular flexibility index (Phi) is 4.25. The van der Waals surface area contributed by atoms with Crippen molar-refractivity contribution in [1.29, 1.82) is 5.41 Å². The van der Waals surface area contributed by atoms with E-state index in [9.17, 15) is 4.39 Å². The van der Waals surface area contributed by atoms with Gasteiger partial charge in [-0.25, -0.2) is 4.39 Å². The number of hydrogen-bond donors (Lipinski definition) is 2. The minimum Gasteiger partial charge on any atom is -0.486 e. The Bertz CT molecular complexity index is 658. The van der Waals surface area contributed by atoms with Gasteiger partial charge in [0.1, 0.15) is 12.4 Å². The largest absolute Gasteiger partial charge is 0.486 e. The molecule has 0 amide bonds. The first-order chi connectivity index (χ1) is 9.47. The summed E-state index contributed by atoms with van der Waals surface area (Å²) in [5.41, 5.74) is 7.45. The van der Waals surface area contributed by atoms with Gasteiger partial charge in [-0.15, -0.1) is 0 Å². The Morgan fingerprint density at radius 2 is 2.05 bits per heavy atom. The number of hydrogen-bond acceptors (Lipinski definition) is 2. The topological polar surface area (TPSA) is 59.1 Å². The molecule has 3 nitrogen and oxygen atoms in total. The lowest BCUT2D eigenvalue weighted by molar-refractivity contribution is 0.290. The first-order valence-corrected chi connectivity index (χ1v) is 6.37. The normalized spacial score (nSPS) is 10.3. The van der Waals surface area contributed by atoms with Gasteiger partial charge in [0, 0.05) is 16.1 Å². The molecule has 0 heterocycles. The highest BCUT2D eigenvalue weighted by Gasteiger charge is 2.08. The Labute approximate surface area is 121 Å². The number of aryl methyl sites for hydroxylation is 1. The molecule has 0 saturated carbocycles. The highest BCUT2D eigenvalue weighted by molar-refractivity contribution is 6.31. The number of nitrogens with one attached hydrogen (secondary N) is 1. The fraction of sp³-hybridized carbons (Fsp3) is 0.133. The zero-order chi connectivity index (χ0) is 14.7. The first-order valence-electron chi connectivity index (χ1n) is 5.99. The summed E-state index contributed by atoms with van der Waals surface area (Å²) in [6.07, 6.45) is 0. The van der Waals surface area contributed by atoms with E-state index in [2.05, 4.69) is 0 Å². The van der Waals surface area contributed by atoms with E-state index in [-0.39, 0.29) is 18.2 Å². The molecular formula is C15H14ClFN2O. The van der Waals surface area contributed by atoms with Crippen molar-refractivity contribution >= 4 is 17.4 Å². The van der Waals surface area contributed by atoms with Crippen LogP contribution in [0.2, 0.25) is 5.02 Å². The molecule has 104 valence electrons. The van der Waals surface area contributed by atoms with Crippen LogP contribution in [-0.4, -0.2) is 5.84 Å². The molecule has 3 N–H and O–H groups in total. The van der Waals surface area contributed by atoms with Crippen LogP contribution in [-0.2, 0) is 6.61 Å². The molecule has 2 aromatic rings. The van der Waals surface area contributed by atoms with Crippen LogP contribution in [0.4, 0.5) is 4.39 Å². The quantitative estimate of drug-likeness (QED) is 0.667. The second kappa shape index (κ2) is 5.92. The maximum absolute atomic E-state index is 13.8. The number of amidine groups is 1. The van der Waals surface area contributed by atoms with Crippen molar-refractivity contribution in [2.45, 2.75) is 13.5 Å². The number of ether oxygens (including phenoxy) is 1. The van der Waals surface area contributed by atoms with E-state index in [0.717, 1.165) is 11.1 Å². The third kappa shape index (κ3) is 3.27. The van der Waals surface area contributed by atoms with Crippen molar-refractivity contribution in [3.8, 4) is 5.75 Å². The van der Waals surface area contributed by atoms with E-state index in [1.165, 1.54) is 18.2 Å². The van der Waals surface area contributed by atoms with Crippen molar-refractivity contribution in [3.05, 3.63) is 63.9 Å². The fourth-order valence-corrected chi connectivity index (χ4v) is 2.00. The van der Waals surface area contributed by atoms with Gasteiger partial charge in [-0.2, -0.15) is 0 Å². The maximum atomic E-state index is 13.8. The number of halogens is 2. The van der Waals surface area contributed by atoms with Crippen molar-refractivity contribution in [2.24, 2.45) is 5.73 Å². The lowest BCUT2D eigenvalue weighted by atomic mass is 10.1. The van der Waals surface area contributed by atoms with Crippen LogP contribution < -0.4 is 10.5 Å². The van der Waals surface area contributed by atoms with E-state index in [4.69, 9.17) is 27.5 Å². The van der Waals surface area contributed by atoms with E-state index < -0.39 is 5.82 Å². The van der Waals surface area contributed by atoms with E-state index in [0.29, 0.717) is 10.6 Å². The predicted molar refractivity (Wildman–Crippen MR) is 77.9 cm³/mol. The monoisotopic (exact) mass is 292 g/mol. The molecular weight excluding hydrogens is 279 g/mol. The lowest BCUT2D eigenvalue weighted by Crippen LogP contribution is -2.11. The van der Waals surface area contributed by atoms with Crippen LogP contribution in [0.3, 0.4) is 0 Å². The molecule has 0 aliphatic rings. The second-order valence-electron chi connectivity index (χ2n) is 4.44. The van der Waals surface area contributed by atoms with Gasteiger partial charge in [-0.1, -0.05) is 23.7 Å². The molecule has 0 spiro atoms. The molecule has 0 radical (unpaired) electrons. The average Bonchev–Trinajstić information content (AvgIpc) is 2.38. The van der Waals surface area contributed by atoms with Crippen molar-refractivity contribution in [2.75, 3.05) is 0 Å². The summed E-state index contributed by atoms with van der Waals surface area (Å²) in [4.78, 5) is 0. The van der Waals surface area contributed by atoms with E-state index in [1.54, 1.807) is 0 Å². The van der Waals surface area contributed by atoms with Crippen LogP contribution in [0.25, 0.3) is 0 Å². The molecule has 2 aromatic carbocycles. The zero-order valence-electron chi connectivity index (χ0n) is 10.9. The minimum absolute atomic E-state index is 0.103. The van der Waals surface area contributed by atoms with Gasteiger partial charge in [0.15, 0.2) is 11.6 Å². The maximum Gasteiger partial charge on any atom is 0.165 e. The predicted octanol–water partition coefficient (Wildman–Crippen LogP) is 3.65. The summed E-state index contributed by atoms with van der Waals surface area (Å²) >= 11 is 6.08. The van der Waals surface area contributed by atoms with Crippen molar-refractivity contribution in [1.82, 2.24) is 0 Å². The van der Waals surface area contributed by atoms with E-state index >= 15 is 0 Å². The van der Waals surface area contributed by atoms with Gasteiger partial charge in [-0.3, -0.25) is 5.41 Å². The molecule has 0 atom stereocenters. The zero-order valence-corrected chi connectivity index (χ0v) is 11.7. The van der Waals surface area contributed by atoms with Crippen LogP contribution in [0.1, 0.15) is 16.7 Å². The average molecular weight is 293 g/mol. The van der Waals surface area contributed by atoms with Crippen LogP contribution in [0.15, 0.2) is 36.4 Å². The van der Waals surface area contributed by atoms with Crippen molar-refractivity contribution in [3.63, 3.8) is 0 Å². The summed E-state index contributed by atoms with van der Waals surface area (Å²) in [7, 11) is 0. The molecule has 0 aromatic heterocycles. The number of nitrogens with two attached hydrogens (primary N) is 1. The third-order valence-corrected chi connectivity index (χ3v) is 3.19. The Morgan fingerprint density at radius 1 is 1.30 bits per heavy atom. The van der Waals surface area contributed by atoms with Gasteiger partial charge in [0.05, 0.1) is 0 Å². The van der Waals surface area contributed by atoms with Gasteiger partial charge < -0.3 is 10.5 Å². The standard InChI is InChI=1S/C15H14ClFN2O/c1-9-2-3-11(12(16)6-9)8-20-14-5-4-10(15(18)19)7-13(14)17/h2-7H,8H2,1H3,(H3,18,19). The number of benzene rings is 2. The molecule has 0 aliphatic heterocycles. The first kappa shape index (κ1) is 14.3. The smallest absolute Gasteiger partial charge is 0.165 e. The molecule has 0 saturated heterocycles. The van der Waals surface area contributed by atoms with E-state index in [1.807, 2.05) is 25.1 Å². The number of nitrogen functional groups attached to an aromatic ring is 1. The van der Waals surface area contributed by atoms with Gasteiger partial charge in [0.2, 0.25) is 0 Å².